The molecule has 0 spiro atoms. The lowest BCUT2D eigenvalue weighted by molar-refractivity contribution is -0.139. The van der Waals surface area contributed by atoms with Gasteiger partial charge in [0.05, 0.1) is 4.88 Å². The summed E-state index contributed by atoms with van der Waals surface area (Å²) < 4.78 is 5.10. The maximum atomic E-state index is 12.0. The van der Waals surface area contributed by atoms with Crippen molar-refractivity contribution in [2.24, 2.45) is 5.92 Å². The number of carboxylic acid groups (broad SMARTS) is 1. The first-order chi connectivity index (χ1) is 9.65. The number of nitrogens with zero attached hydrogens (tertiary/aromatic N) is 1. The molecule has 0 aromatic carbocycles. The number of hydrogen-bond donors (Lipinski definition) is 2. The highest BCUT2D eigenvalue weighted by Crippen LogP contribution is 2.33. The Hall–Kier alpha value is -2.15. The topological polar surface area (TPSA) is 92.4 Å². The monoisotopic (exact) mass is 292 g/mol. The number of amides is 1. The fourth-order valence-corrected chi connectivity index (χ4v) is 2.62. The molecule has 1 fully saturated rings. The van der Waals surface area contributed by atoms with Crippen molar-refractivity contribution in [1.29, 1.82) is 0 Å². The van der Waals surface area contributed by atoms with Crippen molar-refractivity contribution in [2.75, 3.05) is 0 Å². The zero-order valence-electron chi connectivity index (χ0n) is 10.4. The first kappa shape index (κ1) is 12.9. The van der Waals surface area contributed by atoms with E-state index < -0.39 is 17.9 Å². The minimum atomic E-state index is -1.01. The summed E-state index contributed by atoms with van der Waals surface area (Å²) in [5.41, 5.74) is 0.0975. The smallest absolute Gasteiger partial charge is 0.326 e. The van der Waals surface area contributed by atoms with E-state index in [1.165, 1.54) is 17.4 Å². The van der Waals surface area contributed by atoms with Crippen LogP contribution in [-0.2, 0) is 4.79 Å². The lowest BCUT2D eigenvalue weighted by Crippen LogP contribution is -2.42. The Morgan fingerprint density at radius 2 is 2.30 bits per heavy atom. The number of aromatic nitrogens is 1. The number of carboxylic acids is 1. The van der Waals surface area contributed by atoms with E-state index in [1.54, 1.807) is 0 Å². The van der Waals surface area contributed by atoms with E-state index in [0.717, 1.165) is 17.7 Å². The standard InChI is InChI=1S/C13H12N2O4S/c16-12(14-11(13(17)18)7-3-4-7)8-6-9(19-15-8)10-2-1-5-20-10/h1-2,5-7,11H,3-4H2,(H,14,16)(H,17,18). The van der Waals surface area contributed by atoms with Crippen molar-refractivity contribution in [1.82, 2.24) is 10.5 Å². The fraction of sp³-hybridized carbons (Fsp3) is 0.308. The Labute approximate surface area is 118 Å². The maximum absolute atomic E-state index is 12.0. The van der Waals surface area contributed by atoms with Gasteiger partial charge in [-0.2, -0.15) is 0 Å². The van der Waals surface area contributed by atoms with Gasteiger partial charge < -0.3 is 14.9 Å². The fourth-order valence-electron chi connectivity index (χ4n) is 1.94. The van der Waals surface area contributed by atoms with Gasteiger partial charge in [0, 0.05) is 6.07 Å². The molecule has 1 saturated carbocycles. The molecule has 1 aliphatic carbocycles. The average Bonchev–Trinajstić information content (AvgIpc) is 2.94. The van der Waals surface area contributed by atoms with Crippen LogP contribution in [0.1, 0.15) is 23.3 Å². The number of hydrogen-bond acceptors (Lipinski definition) is 5. The molecule has 2 heterocycles. The summed E-state index contributed by atoms with van der Waals surface area (Å²) in [5, 5.41) is 17.2. The second-order valence-electron chi connectivity index (χ2n) is 4.68. The van der Waals surface area contributed by atoms with Crippen molar-refractivity contribution in [3.8, 4) is 10.6 Å². The van der Waals surface area contributed by atoms with E-state index >= 15 is 0 Å². The third-order valence-corrected chi connectivity index (χ3v) is 4.04. The normalized spacial score (nSPS) is 15.8. The highest BCUT2D eigenvalue weighted by molar-refractivity contribution is 7.13. The molecule has 1 amide bonds. The van der Waals surface area contributed by atoms with Gasteiger partial charge in [-0.25, -0.2) is 4.79 Å². The highest BCUT2D eigenvalue weighted by Gasteiger charge is 2.37. The van der Waals surface area contributed by atoms with E-state index in [2.05, 4.69) is 10.5 Å². The van der Waals surface area contributed by atoms with Crippen LogP contribution in [0.3, 0.4) is 0 Å². The van der Waals surface area contributed by atoms with Crippen LogP contribution in [0.5, 0.6) is 0 Å². The molecule has 6 nitrogen and oxygen atoms in total. The van der Waals surface area contributed by atoms with Crippen molar-refractivity contribution >= 4 is 23.2 Å². The molecule has 1 unspecified atom stereocenters. The SMILES string of the molecule is O=C(NC(C(=O)O)C1CC1)c1cc(-c2cccs2)on1. The number of nitrogens with one attached hydrogen (secondary N) is 1. The molecular weight excluding hydrogens is 280 g/mol. The molecule has 20 heavy (non-hydrogen) atoms. The predicted molar refractivity (Wildman–Crippen MR) is 71.4 cm³/mol. The molecule has 2 N–H and O–H groups in total. The molecule has 7 heteroatoms. The Kier molecular flexibility index (Phi) is 3.27. The van der Waals surface area contributed by atoms with E-state index in [1.807, 2.05) is 17.5 Å². The van der Waals surface area contributed by atoms with Gasteiger partial charge in [0.1, 0.15) is 6.04 Å². The lowest BCUT2D eigenvalue weighted by atomic mass is 10.2. The van der Waals surface area contributed by atoms with E-state index in [4.69, 9.17) is 9.63 Å². The molecule has 0 radical (unpaired) electrons. The molecular formula is C13H12N2O4S. The summed E-state index contributed by atoms with van der Waals surface area (Å²) in [6.45, 7) is 0. The Balaban J connectivity index is 1.72. The van der Waals surface area contributed by atoms with Gasteiger partial charge in [-0.3, -0.25) is 4.79 Å². The molecule has 104 valence electrons. The summed E-state index contributed by atoms with van der Waals surface area (Å²) in [6, 6.07) is 4.41. The molecule has 3 rings (SSSR count). The molecule has 1 atom stereocenters. The second kappa shape index (κ2) is 5.09. The van der Waals surface area contributed by atoms with Gasteiger partial charge in [0.15, 0.2) is 11.5 Å². The van der Waals surface area contributed by atoms with Crippen LogP contribution in [0.15, 0.2) is 28.1 Å². The summed E-state index contributed by atoms with van der Waals surface area (Å²) in [4.78, 5) is 23.9. The van der Waals surface area contributed by atoms with Crippen molar-refractivity contribution in [3.05, 3.63) is 29.3 Å². The van der Waals surface area contributed by atoms with Crippen LogP contribution >= 0.6 is 11.3 Å². The van der Waals surface area contributed by atoms with Crippen LogP contribution in [0.25, 0.3) is 10.6 Å². The summed E-state index contributed by atoms with van der Waals surface area (Å²) in [5.74, 6) is -0.998. The van der Waals surface area contributed by atoms with Crippen molar-refractivity contribution in [2.45, 2.75) is 18.9 Å². The zero-order valence-corrected chi connectivity index (χ0v) is 11.2. The number of thiophene rings is 1. The summed E-state index contributed by atoms with van der Waals surface area (Å²) in [7, 11) is 0. The quantitative estimate of drug-likeness (QED) is 0.879. The van der Waals surface area contributed by atoms with Crippen molar-refractivity contribution < 1.29 is 19.2 Å². The first-order valence-electron chi connectivity index (χ1n) is 6.19. The lowest BCUT2D eigenvalue weighted by Gasteiger charge is -2.11. The molecule has 1 aliphatic rings. The van der Waals surface area contributed by atoms with E-state index in [-0.39, 0.29) is 11.6 Å². The highest BCUT2D eigenvalue weighted by atomic mass is 32.1. The molecule has 0 saturated heterocycles. The van der Waals surface area contributed by atoms with Gasteiger partial charge in [-0.15, -0.1) is 11.3 Å². The molecule has 0 aliphatic heterocycles. The van der Waals surface area contributed by atoms with Crippen LogP contribution in [-0.4, -0.2) is 28.2 Å². The number of carbonyl (C=O) groups excluding carboxylic acids is 1. The van der Waals surface area contributed by atoms with Gasteiger partial charge >= 0.3 is 5.97 Å². The maximum Gasteiger partial charge on any atom is 0.326 e. The largest absolute Gasteiger partial charge is 0.480 e. The van der Waals surface area contributed by atoms with Crippen LogP contribution in [0.2, 0.25) is 0 Å². The Bertz CT molecular complexity index is 631. The minimum absolute atomic E-state index is 0.0279. The number of rotatable bonds is 5. The van der Waals surface area contributed by atoms with Gasteiger partial charge in [0.25, 0.3) is 5.91 Å². The Morgan fingerprint density at radius 1 is 1.50 bits per heavy atom. The van der Waals surface area contributed by atoms with Gasteiger partial charge in [-0.05, 0) is 30.2 Å². The zero-order chi connectivity index (χ0) is 14.1. The molecule has 2 aromatic heterocycles. The second-order valence-corrected chi connectivity index (χ2v) is 5.63. The molecule has 2 aromatic rings. The summed E-state index contributed by atoms with van der Waals surface area (Å²) >= 11 is 1.48. The van der Waals surface area contributed by atoms with E-state index in [9.17, 15) is 9.59 Å². The van der Waals surface area contributed by atoms with Crippen LogP contribution in [0, 0.1) is 5.92 Å². The molecule has 0 bridgehead atoms. The predicted octanol–water partition coefficient (Wildman–Crippen LogP) is 2.00. The van der Waals surface area contributed by atoms with Gasteiger partial charge in [0.2, 0.25) is 0 Å². The summed E-state index contributed by atoms with van der Waals surface area (Å²) in [6.07, 6.45) is 1.66. The first-order valence-corrected chi connectivity index (χ1v) is 7.07. The Morgan fingerprint density at radius 3 is 2.90 bits per heavy atom. The third-order valence-electron chi connectivity index (χ3n) is 3.15. The van der Waals surface area contributed by atoms with Crippen LogP contribution in [0.4, 0.5) is 0 Å². The number of aliphatic carboxylic acids is 1. The van der Waals surface area contributed by atoms with E-state index in [0.29, 0.717) is 5.76 Å². The van der Waals surface area contributed by atoms with Crippen LogP contribution < -0.4 is 5.32 Å². The number of carbonyl (C=O) groups is 2. The average molecular weight is 292 g/mol. The van der Waals surface area contributed by atoms with Crippen molar-refractivity contribution in [3.63, 3.8) is 0 Å². The third kappa shape index (κ3) is 2.57. The van der Waals surface area contributed by atoms with Gasteiger partial charge in [-0.1, -0.05) is 11.2 Å². The minimum Gasteiger partial charge on any atom is -0.480 e.